The second-order valence-corrected chi connectivity index (χ2v) is 4.18. The molecule has 1 unspecified atom stereocenters. The maximum absolute atomic E-state index is 12.2. The molecule has 1 heterocycles. The van der Waals surface area contributed by atoms with Gasteiger partial charge in [-0.25, -0.2) is 0 Å². The molecule has 1 aromatic rings. The van der Waals surface area contributed by atoms with Crippen molar-refractivity contribution in [1.29, 1.82) is 5.53 Å². The highest BCUT2D eigenvalue weighted by Gasteiger charge is 2.35. The molecule has 5 heteroatoms. The average Bonchev–Trinajstić information content (AvgIpc) is 2.88. The summed E-state index contributed by atoms with van der Waals surface area (Å²) in [5.74, 6) is -0.406. The molecule has 2 rings (SSSR count). The Morgan fingerprint density at radius 1 is 1.33 bits per heavy atom. The molecule has 92 valence electrons. The van der Waals surface area contributed by atoms with Gasteiger partial charge in [0, 0.05) is 12.1 Å². The first-order valence-corrected chi connectivity index (χ1v) is 5.83. The first-order chi connectivity index (χ1) is 8.74. The summed E-state index contributed by atoms with van der Waals surface area (Å²) in [6.45, 7) is 0.579. The fourth-order valence-corrected chi connectivity index (χ4v) is 2.20. The minimum atomic E-state index is -0.466. The Hall–Kier alpha value is -2.26. The van der Waals surface area contributed by atoms with Crippen LogP contribution in [0.5, 0.6) is 0 Å². The SMILES string of the molecule is N=[N+]=CC(=O)C1CCCN1C(=O)c1ccccc1. The Bertz CT molecular complexity index is 506. The van der Waals surface area contributed by atoms with Crippen molar-refractivity contribution < 1.29 is 14.4 Å². The number of carbonyl (C=O) groups is 2. The van der Waals surface area contributed by atoms with Gasteiger partial charge < -0.3 is 4.90 Å². The van der Waals surface area contributed by atoms with Crippen LogP contribution in [0.15, 0.2) is 30.3 Å². The summed E-state index contributed by atoms with van der Waals surface area (Å²) in [7, 11) is 0. The molecule has 1 N–H and O–H groups in total. The molecule has 18 heavy (non-hydrogen) atoms. The number of likely N-dealkylation sites (tertiary alicyclic amines) is 1. The molecule has 1 aliphatic rings. The monoisotopic (exact) mass is 244 g/mol. The van der Waals surface area contributed by atoms with Crippen LogP contribution >= 0.6 is 0 Å². The third kappa shape index (κ3) is 2.36. The number of Topliss-reactive ketones (excluding diaryl/α,β-unsaturated/α-hetero) is 1. The van der Waals surface area contributed by atoms with E-state index in [0.717, 1.165) is 12.6 Å². The lowest BCUT2D eigenvalue weighted by molar-refractivity contribution is -0.133. The van der Waals surface area contributed by atoms with Crippen LogP contribution in [0.4, 0.5) is 0 Å². The second kappa shape index (κ2) is 5.38. The summed E-state index contributed by atoms with van der Waals surface area (Å²) >= 11 is 0. The largest absolute Gasteiger partial charge is 0.374 e. The zero-order chi connectivity index (χ0) is 13.0. The summed E-state index contributed by atoms with van der Waals surface area (Å²) in [5, 5.41) is 0. The molecular formula is C13H14N3O2+. The van der Waals surface area contributed by atoms with Gasteiger partial charge in [0.05, 0.1) is 10.3 Å². The number of ketones is 1. The first kappa shape index (κ1) is 12.2. The predicted octanol–water partition coefficient (Wildman–Crippen LogP) is 1.17. The molecule has 5 nitrogen and oxygen atoms in total. The Morgan fingerprint density at radius 3 is 2.72 bits per heavy atom. The van der Waals surface area contributed by atoms with E-state index in [1.54, 1.807) is 29.2 Å². The molecule has 0 aromatic heterocycles. The number of rotatable bonds is 3. The van der Waals surface area contributed by atoms with E-state index in [1.165, 1.54) is 0 Å². The molecule has 0 aliphatic carbocycles. The van der Waals surface area contributed by atoms with Crippen molar-refractivity contribution >= 4 is 17.9 Å². The number of benzene rings is 1. The van der Waals surface area contributed by atoms with Crippen molar-refractivity contribution in [2.75, 3.05) is 6.54 Å². The van der Waals surface area contributed by atoms with E-state index in [4.69, 9.17) is 5.53 Å². The van der Waals surface area contributed by atoms with E-state index in [2.05, 4.69) is 4.79 Å². The molecule has 0 saturated carbocycles. The van der Waals surface area contributed by atoms with Crippen LogP contribution in [0.25, 0.3) is 0 Å². The van der Waals surface area contributed by atoms with Crippen molar-refractivity contribution in [3.8, 4) is 0 Å². The van der Waals surface area contributed by atoms with Gasteiger partial charge in [-0.3, -0.25) is 9.59 Å². The van der Waals surface area contributed by atoms with Crippen LogP contribution in [0.2, 0.25) is 0 Å². The maximum atomic E-state index is 12.2. The number of carbonyl (C=O) groups excluding carboxylic acids is 2. The van der Waals surface area contributed by atoms with Crippen molar-refractivity contribution in [1.82, 2.24) is 4.90 Å². The van der Waals surface area contributed by atoms with Crippen molar-refractivity contribution in [3.05, 3.63) is 35.9 Å². The normalized spacial score (nSPS) is 18.2. The zero-order valence-corrected chi connectivity index (χ0v) is 9.87. The average molecular weight is 244 g/mol. The highest BCUT2D eigenvalue weighted by Crippen LogP contribution is 2.20. The Balaban J connectivity index is 2.20. The van der Waals surface area contributed by atoms with Crippen LogP contribution in [0, 0.1) is 5.53 Å². The number of amides is 1. The lowest BCUT2D eigenvalue weighted by atomic mass is 10.1. The molecule has 0 radical (unpaired) electrons. The fraction of sp³-hybridized carbons (Fsp3) is 0.308. The van der Waals surface area contributed by atoms with Gasteiger partial charge in [-0.15, -0.1) is 0 Å². The van der Waals surface area contributed by atoms with Crippen molar-refractivity contribution in [3.63, 3.8) is 0 Å². The van der Waals surface area contributed by atoms with Gasteiger partial charge in [-0.2, -0.15) is 0 Å². The highest BCUT2D eigenvalue weighted by atomic mass is 16.2. The number of hydrogen-bond donors (Lipinski definition) is 1. The van der Waals surface area contributed by atoms with Gasteiger partial charge in [-0.1, -0.05) is 18.2 Å². The third-order valence-electron chi connectivity index (χ3n) is 3.05. The topological polar surface area (TPSA) is 75.3 Å². The van der Waals surface area contributed by atoms with E-state index < -0.39 is 6.04 Å². The Morgan fingerprint density at radius 2 is 2.06 bits per heavy atom. The van der Waals surface area contributed by atoms with Crippen LogP contribution in [-0.4, -0.2) is 40.2 Å². The van der Waals surface area contributed by atoms with E-state index in [0.29, 0.717) is 18.5 Å². The smallest absolute Gasteiger partial charge is 0.328 e. The van der Waals surface area contributed by atoms with Gasteiger partial charge in [0.15, 0.2) is 0 Å². The summed E-state index contributed by atoms with van der Waals surface area (Å²) in [6.07, 6.45) is 2.42. The van der Waals surface area contributed by atoms with Gasteiger partial charge in [0.25, 0.3) is 11.7 Å². The van der Waals surface area contributed by atoms with E-state index in [9.17, 15) is 9.59 Å². The Kier molecular flexibility index (Phi) is 3.65. The van der Waals surface area contributed by atoms with Crippen molar-refractivity contribution in [2.45, 2.75) is 18.9 Å². The van der Waals surface area contributed by atoms with E-state index >= 15 is 0 Å². The van der Waals surface area contributed by atoms with Crippen LogP contribution in [0.3, 0.4) is 0 Å². The summed E-state index contributed by atoms with van der Waals surface area (Å²) < 4.78 is 0. The minimum absolute atomic E-state index is 0.134. The minimum Gasteiger partial charge on any atom is -0.328 e. The molecule has 0 bridgehead atoms. The molecule has 1 fully saturated rings. The standard InChI is InChI=1S/C13H14N3O2/c14-15-9-12(17)11-7-4-8-16(11)13(18)10-5-2-1-3-6-10/h1-3,5-6,9,11,14H,4,7-8H2/q+1. The van der Waals surface area contributed by atoms with Crippen LogP contribution < -0.4 is 0 Å². The number of nitrogens with one attached hydrogen (secondary N) is 1. The lowest BCUT2D eigenvalue weighted by Crippen LogP contribution is -2.41. The highest BCUT2D eigenvalue weighted by molar-refractivity contribution is 6.28. The van der Waals surface area contributed by atoms with Gasteiger partial charge >= 0.3 is 6.21 Å². The van der Waals surface area contributed by atoms with Gasteiger partial charge in [0.1, 0.15) is 6.04 Å². The van der Waals surface area contributed by atoms with E-state index in [1.807, 2.05) is 6.07 Å². The molecule has 1 aromatic carbocycles. The van der Waals surface area contributed by atoms with Crippen LogP contribution in [-0.2, 0) is 4.79 Å². The maximum Gasteiger partial charge on any atom is 0.374 e. The molecular weight excluding hydrogens is 230 g/mol. The molecule has 1 atom stereocenters. The first-order valence-electron chi connectivity index (χ1n) is 5.83. The predicted molar refractivity (Wildman–Crippen MR) is 64.6 cm³/mol. The zero-order valence-electron chi connectivity index (χ0n) is 9.87. The van der Waals surface area contributed by atoms with Crippen molar-refractivity contribution in [2.24, 2.45) is 0 Å². The third-order valence-corrected chi connectivity index (χ3v) is 3.05. The van der Waals surface area contributed by atoms with Gasteiger partial charge in [-0.05, 0) is 25.0 Å². The molecule has 1 aliphatic heterocycles. The molecule has 1 saturated heterocycles. The second-order valence-electron chi connectivity index (χ2n) is 4.18. The summed E-state index contributed by atoms with van der Waals surface area (Å²) in [4.78, 5) is 28.5. The number of nitrogens with zero attached hydrogens (tertiary/aromatic N) is 2. The lowest BCUT2D eigenvalue weighted by Gasteiger charge is -2.21. The van der Waals surface area contributed by atoms with Crippen LogP contribution in [0.1, 0.15) is 23.2 Å². The van der Waals surface area contributed by atoms with Gasteiger partial charge in [0.2, 0.25) is 0 Å². The quantitative estimate of drug-likeness (QED) is 0.492. The summed E-state index contributed by atoms with van der Waals surface area (Å²) in [5.41, 5.74) is 7.26. The number of hydrogen-bond acceptors (Lipinski definition) is 3. The molecule has 0 spiro atoms. The Labute approximate surface area is 105 Å². The van der Waals surface area contributed by atoms with E-state index in [-0.39, 0.29) is 11.7 Å². The summed E-state index contributed by atoms with van der Waals surface area (Å²) in [6, 6.07) is 8.45. The molecule has 1 amide bonds. The fourth-order valence-electron chi connectivity index (χ4n) is 2.20.